The second-order valence-corrected chi connectivity index (χ2v) is 3.66. The Morgan fingerprint density at radius 3 is 2.56 bits per heavy atom. The number of carbonyl (C=O) groups is 2. The number of Topliss-reactive ketones (excluding diaryl/α,β-unsaturated/α-hetero) is 1. The van der Waals surface area contributed by atoms with E-state index in [9.17, 15) is 14.0 Å². The van der Waals surface area contributed by atoms with Gasteiger partial charge in [-0.15, -0.1) is 11.6 Å². The maximum atomic E-state index is 13.0. The van der Waals surface area contributed by atoms with E-state index in [2.05, 4.69) is 4.74 Å². The van der Waals surface area contributed by atoms with Crippen molar-refractivity contribution in [2.24, 2.45) is 0 Å². The van der Waals surface area contributed by atoms with Crippen molar-refractivity contribution in [2.45, 2.75) is 12.3 Å². The van der Waals surface area contributed by atoms with Gasteiger partial charge in [0.25, 0.3) is 5.78 Å². The van der Waals surface area contributed by atoms with E-state index in [1.54, 1.807) is 6.92 Å². The molecule has 0 spiro atoms. The highest BCUT2D eigenvalue weighted by Crippen LogP contribution is 2.23. The van der Waals surface area contributed by atoms with Crippen LogP contribution in [0.15, 0.2) is 18.2 Å². The zero-order chi connectivity index (χ0) is 12.3. The van der Waals surface area contributed by atoms with Crippen LogP contribution in [-0.4, -0.2) is 18.9 Å². The first-order chi connectivity index (χ1) is 7.47. The molecule has 0 radical (unpaired) electrons. The first kappa shape index (κ1) is 12.6. The second kappa shape index (κ2) is 5.07. The summed E-state index contributed by atoms with van der Waals surface area (Å²) in [6, 6.07) is 3.99. The van der Waals surface area contributed by atoms with Crippen molar-refractivity contribution in [3.63, 3.8) is 0 Å². The van der Waals surface area contributed by atoms with Gasteiger partial charge in [-0.3, -0.25) is 4.79 Å². The number of methoxy groups -OCH3 is 1. The number of ketones is 1. The molecular formula is C11H10ClFO3. The summed E-state index contributed by atoms with van der Waals surface area (Å²) in [5, 5.41) is -1.15. The van der Waals surface area contributed by atoms with Gasteiger partial charge in [-0.25, -0.2) is 9.18 Å². The van der Waals surface area contributed by atoms with E-state index in [0.717, 1.165) is 7.11 Å². The number of alkyl halides is 1. The quantitative estimate of drug-likeness (QED) is 0.465. The Morgan fingerprint density at radius 1 is 1.44 bits per heavy atom. The van der Waals surface area contributed by atoms with Gasteiger partial charge in [0.1, 0.15) is 11.2 Å². The fraction of sp³-hybridized carbons (Fsp3) is 0.273. The lowest BCUT2D eigenvalue weighted by Crippen LogP contribution is -2.20. The van der Waals surface area contributed by atoms with Crippen molar-refractivity contribution in [1.29, 1.82) is 0 Å². The highest BCUT2D eigenvalue weighted by molar-refractivity contribution is 6.47. The molecule has 3 nitrogen and oxygen atoms in total. The predicted molar refractivity (Wildman–Crippen MR) is 56.8 cm³/mol. The molecule has 0 fully saturated rings. The van der Waals surface area contributed by atoms with Crippen LogP contribution in [-0.2, 0) is 14.3 Å². The number of hydrogen-bond donors (Lipinski definition) is 0. The Balaban J connectivity index is 2.96. The number of halogens is 2. The summed E-state index contributed by atoms with van der Waals surface area (Å²) in [5.74, 6) is -2.27. The van der Waals surface area contributed by atoms with Gasteiger partial charge < -0.3 is 4.74 Å². The summed E-state index contributed by atoms with van der Waals surface area (Å²) in [6.45, 7) is 1.55. The molecule has 1 unspecified atom stereocenters. The molecule has 0 aliphatic rings. The number of rotatable bonds is 3. The van der Waals surface area contributed by atoms with Crippen LogP contribution >= 0.6 is 11.6 Å². The summed E-state index contributed by atoms with van der Waals surface area (Å²) >= 11 is 5.78. The fourth-order valence-corrected chi connectivity index (χ4v) is 1.41. The second-order valence-electron chi connectivity index (χ2n) is 3.23. The molecule has 16 heavy (non-hydrogen) atoms. The number of esters is 1. The Labute approximate surface area is 97.2 Å². The molecule has 1 rings (SSSR count). The van der Waals surface area contributed by atoms with E-state index in [-0.39, 0.29) is 0 Å². The Bertz CT molecular complexity index is 431. The third kappa shape index (κ3) is 2.58. The van der Waals surface area contributed by atoms with Crippen LogP contribution < -0.4 is 0 Å². The Hall–Kier alpha value is -1.42. The van der Waals surface area contributed by atoms with Gasteiger partial charge in [0.2, 0.25) is 0 Å². The summed E-state index contributed by atoms with van der Waals surface area (Å²) in [6.07, 6.45) is 0. The number of ether oxygens (including phenoxy) is 1. The number of benzene rings is 1. The number of aryl methyl sites for hydroxylation is 1. The van der Waals surface area contributed by atoms with Crippen molar-refractivity contribution in [1.82, 2.24) is 0 Å². The summed E-state index contributed by atoms with van der Waals surface area (Å²) in [5.41, 5.74) is 0.733. The zero-order valence-corrected chi connectivity index (χ0v) is 9.55. The lowest BCUT2D eigenvalue weighted by atomic mass is 10.1. The molecule has 0 aliphatic heterocycles. The molecule has 0 N–H and O–H groups in total. The van der Waals surface area contributed by atoms with Crippen molar-refractivity contribution in [2.75, 3.05) is 7.11 Å². The fourth-order valence-electron chi connectivity index (χ4n) is 1.18. The molecule has 0 bridgehead atoms. The Morgan fingerprint density at radius 2 is 2.06 bits per heavy atom. The molecule has 0 aromatic heterocycles. The lowest BCUT2D eigenvalue weighted by molar-refractivity contribution is -0.151. The topological polar surface area (TPSA) is 43.4 Å². The highest BCUT2D eigenvalue weighted by atomic mass is 35.5. The lowest BCUT2D eigenvalue weighted by Gasteiger charge is -2.08. The van der Waals surface area contributed by atoms with Gasteiger partial charge in [0, 0.05) is 0 Å². The normalized spacial score (nSPS) is 12.0. The zero-order valence-electron chi connectivity index (χ0n) is 8.79. The monoisotopic (exact) mass is 244 g/mol. The molecule has 86 valence electrons. The molecular weight excluding hydrogens is 235 g/mol. The SMILES string of the molecule is COC(=O)C(=O)C(Cl)c1ccc(F)c(C)c1. The standard InChI is InChI=1S/C11H10ClFO3/c1-6-5-7(3-4-8(6)13)9(12)10(14)11(15)16-2/h3-5,9H,1-2H3. The summed E-state index contributed by atoms with van der Waals surface area (Å²) in [7, 11) is 1.10. The minimum Gasteiger partial charge on any atom is -0.463 e. The van der Waals surface area contributed by atoms with Crippen LogP contribution in [0.4, 0.5) is 4.39 Å². The Kier molecular flexibility index (Phi) is 4.01. The van der Waals surface area contributed by atoms with E-state index in [1.807, 2.05) is 0 Å². The smallest absolute Gasteiger partial charge is 0.376 e. The molecule has 0 aliphatic carbocycles. The van der Waals surface area contributed by atoms with Gasteiger partial charge in [-0.2, -0.15) is 0 Å². The van der Waals surface area contributed by atoms with Gasteiger partial charge in [-0.05, 0) is 24.1 Å². The van der Waals surface area contributed by atoms with Crippen LogP contribution in [0.3, 0.4) is 0 Å². The molecule has 0 saturated carbocycles. The van der Waals surface area contributed by atoms with E-state index in [4.69, 9.17) is 11.6 Å². The predicted octanol–water partition coefficient (Wildman–Crippen LogP) is 2.16. The average Bonchev–Trinajstić information content (AvgIpc) is 2.29. The molecule has 1 aromatic rings. The molecule has 0 saturated heterocycles. The molecule has 0 heterocycles. The first-order valence-corrected chi connectivity index (χ1v) is 4.93. The van der Waals surface area contributed by atoms with Crippen molar-refractivity contribution in [3.05, 3.63) is 35.1 Å². The molecule has 1 atom stereocenters. The van der Waals surface area contributed by atoms with Crippen LogP contribution in [0.25, 0.3) is 0 Å². The molecule has 1 aromatic carbocycles. The van der Waals surface area contributed by atoms with E-state index >= 15 is 0 Å². The van der Waals surface area contributed by atoms with E-state index in [0.29, 0.717) is 11.1 Å². The first-order valence-electron chi connectivity index (χ1n) is 4.49. The molecule has 5 heteroatoms. The van der Waals surface area contributed by atoms with Gasteiger partial charge in [-0.1, -0.05) is 12.1 Å². The van der Waals surface area contributed by atoms with Crippen LogP contribution in [0, 0.1) is 12.7 Å². The number of hydrogen-bond acceptors (Lipinski definition) is 3. The number of carbonyl (C=O) groups excluding carboxylic acids is 2. The average molecular weight is 245 g/mol. The molecule has 0 amide bonds. The van der Waals surface area contributed by atoms with Crippen molar-refractivity contribution in [3.8, 4) is 0 Å². The van der Waals surface area contributed by atoms with Crippen LogP contribution in [0.1, 0.15) is 16.5 Å². The van der Waals surface area contributed by atoms with Gasteiger partial charge in [0.05, 0.1) is 7.11 Å². The van der Waals surface area contributed by atoms with Crippen LogP contribution in [0.2, 0.25) is 0 Å². The van der Waals surface area contributed by atoms with Crippen molar-refractivity contribution < 1.29 is 18.7 Å². The summed E-state index contributed by atoms with van der Waals surface area (Å²) in [4.78, 5) is 22.3. The maximum Gasteiger partial charge on any atom is 0.376 e. The minimum atomic E-state index is -1.15. The largest absolute Gasteiger partial charge is 0.463 e. The summed E-state index contributed by atoms with van der Waals surface area (Å²) < 4.78 is 17.2. The minimum absolute atomic E-state index is 0.362. The van der Waals surface area contributed by atoms with Gasteiger partial charge in [0.15, 0.2) is 0 Å². The third-order valence-electron chi connectivity index (χ3n) is 2.09. The third-order valence-corrected chi connectivity index (χ3v) is 2.54. The van der Waals surface area contributed by atoms with Gasteiger partial charge >= 0.3 is 5.97 Å². The van der Waals surface area contributed by atoms with E-state index < -0.39 is 22.9 Å². The van der Waals surface area contributed by atoms with Crippen LogP contribution in [0.5, 0.6) is 0 Å². The van der Waals surface area contributed by atoms with Crippen molar-refractivity contribution >= 4 is 23.4 Å². The maximum absolute atomic E-state index is 13.0. The highest BCUT2D eigenvalue weighted by Gasteiger charge is 2.25. The van der Waals surface area contributed by atoms with E-state index in [1.165, 1.54) is 18.2 Å².